The van der Waals surface area contributed by atoms with Gasteiger partial charge >= 0.3 is 0 Å². The van der Waals surface area contributed by atoms with E-state index >= 15 is 0 Å². The number of nitrogens with two attached hydrogens (primary N) is 2. The van der Waals surface area contributed by atoms with Gasteiger partial charge in [-0.15, -0.1) is 0 Å². The first-order chi connectivity index (χ1) is 6.22. The summed E-state index contributed by atoms with van der Waals surface area (Å²) >= 11 is 0. The van der Waals surface area contributed by atoms with Gasteiger partial charge in [-0.25, -0.2) is 0 Å². The monoisotopic (exact) mass is 187 g/mol. The third-order valence-corrected chi connectivity index (χ3v) is 1.93. The summed E-state index contributed by atoms with van der Waals surface area (Å²) in [5.41, 5.74) is 10.6. The normalized spacial score (nSPS) is 12.8. The van der Waals surface area contributed by atoms with Crippen LogP contribution in [0, 0.1) is 0 Å². The summed E-state index contributed by atoms with van der Waals surface area (Å²) in [6.45, 7) is 3.58. The zero-order valence-electron chi connectivity index (χ0n) is 8.38. The molecule has 1 atom stereocenters. The fraction of sp³-hybridized carbons (Fsp3) is 0.889. The smallest absolute Gasteiger partial charge is 0.234 e. The number of carbonyl (C=O) groups excluding carboxylic acids is 1. The van der Waals surface area contributed by atoms with Gasteiger partial charge in [-0.2, -0.15) is 0 Å². The first-order valence-electron chi connectivity index (χ1n) is 4.95. The molecule has 0 fully saturated rings. The standard InChI is InChI=1S/C9H21N3O/c1-2-7-12-8(9(11)13)5-3-4-6-10/h8,12H,2-7,10H2,1H3,(H2,11,13). The van der Waals surface area contributed by atoms with E-state index in [1.54, 1.807) is 0 Å². The lowest BCUT2D eigenvalue weighted by atomic mass is 10.1. The molecule has 0 heterocycles. The Morgan fingerprint density at radius 2 is 2.15 bits per heavy atom. The summed E-state index contributed by atoms with van der Waals surface area (Å²) in [5, 5.41) is 3.11. The van der Waals surface area contributed by atoms with Crippen molar-refractivity contribution in [1.82, 2.24) is 5.32 Å². The first-order valence-corrected chi connectivity index (χ1v) is 4.95. The maximum absolute atomic E-state index is 10.9. The van der Waals surface area contributed by atoms with Gasteiger partial charge in [0.15, 0.2) is 0 Å². The Balaban J connectivity index is 3.61. The molecule has 0 saturated heterocycles. The van der Waals surface area contributed by atoms with E-state index in [1.165, 1.54) is 0 Å². The van der Waals surface area contributed by atoms with Crippen molar-refractivity contribution in [3.63, 3.8) is 0 Å². The molecule has 1 unspecified atom stereocenters. The number of primary amides is 1. The summed E-state index contributed by atoms with van der Waals surface area (Å²) < 4.78 is 0. The molecule has 0 spiro atoms. The molecule has 0 aromatic heterocycles. The van der Waals surface area contributed by atoms with Crippen molar-refractivity contribution in [3.05, 3.63) is 0 Å². The van der Waals surface area contributed by atoms with Gasteiger partial charge in [-0.1, -0.05) is 13.3 Å². The van der Waals surface area contributed by atoms with E-state index in [-0.39, 0.29) is 11.9 Å². The van der Waals surface area contributed by atoms with Crippen LogP contribution in [0.4, 0.5) is 0 Å². The van der Waals surface area contributed by atoms with Gasteiger partial charge in [-0.05, 0) is 32.4 Å². The Morgan fingerprint density at radius 3 is 2.62 bits per heavy atom. The van der Waals surface area contributed by atoms with Crippen LogP contribution < -0.4 is 16.8 Å². The van der Waals surface area contributed by atoms with E-state index in [9.17, 15) is 4.79 Å². The molecule has 5 N–H and O–H groups in total. The fourth-order valence-electron chi connectivity index (χ4n) is 1.16. The number of carbonyl (C=O) groups is 1. The van der Waals surface area contributed by atoms with Crippen molar-refractivity contribution >= 4 is 5.91 Å². The van der Waals surface area contributed by atoms with Crippen LogP contribution in [0.15, 0.2) is 0 Å². The molecule has 13 heavy (non-hydrogen) atoms. The Hall–Kier alpha value is -0.610. The highest BCUT2D eigenvalue weighted by atomic mass is 16.1. The number of hydrogen-bond acceptors (Lipinski definition) is 3. The summed E-state index contributed by atoms with van der Waals surface area (Å²) in [4.78, 5) is 10.9. The van der Waals surface area contributed by atoms with Gasteiger partial charge in [0.05, 0.1) is 6.04 Å². The van der Waals surface area contributed by atoms with Crippen molar-refractivity contribution in [2.75, 3.05) is 13.1 Å². The lowest BCUT2D eigenvalue weighted by molar-refractivity contribution is -0.120. The largest absolute Gasteiger partial charge is 0.368 e. The molecule has 0 aromatic rings. The minimum Gasteiger partial charge on any atom is -0.368 e. The van der Waals surface area contributed by atoms with E-state index in [4.69, 9.17) is 11.5 Å². The van der Waals surface area contributed by atoms with Crippen molar-refractivity contribution in [2.24, 2.45) is 11.5 Å². The molecule has 0 saturated carbocycles. The number of nitrogens with one attached hydrogen (secondary N) is 1. The Bertz CT molecular complexity index is 139. The highest BCUT2D eigenvalue weighted by molar-refractivity contribution is 5.79. The molecule has 0 radical (unpaired) electrons. The molecule has 78 valence electrons. The third-order valence-electron chi connectivity index (χ3n) is 1.93. The lowest BCUT2D eigenvalue weighted by Gasteiger charge is -2.14. The van der Waals surface area contributed by atoms with Crippen LogP contribution >= 0.6 is 0 Å². The Labute approximate surface area is 80.0 Å². The van der Waals surface area contributed by atoms with E-state index in [1.807, 2.05) is 0 Å². The highest BCUT2D eigenvalue weighted by Crippen LogP contribution is 1.99. The van der Waals surface area contributed by atoms with Crippen LogP contribution in [0.5, 0.6) is 0 Å². The average Bonchev–Trinajstić information content (AvgIpc) is 2.10. The first kappa shape index (κ1) is 12.4. The van der Waals surface area contributed by atoms with Gasteiger partial charge in [0.1, 0.15) is 0 Å². The molecular formula is C9H21N3O. The van der Waals surface area contributed by atoms with Crippen LogP contribution in [-0.2, 0) is 4.79 Å². The molecule has 0 rings (SSSR count). The van der Waals surface area contributed by atoms with E-state index in [0.29, 0.717) is 6.54 Å². The summed E-state index contributed by atoms with van der Waals surface area (Å²) in [6, 6.07) is -0.175. The SMILES string of the molecule is CCCNC(CCCCN)C(N)=O. The zero-order valence-corrected chi connectivity index (χ0v) is 8.38. The van der Waals surface area contributed by atoms with Gasteiger partial charge in [0, 0.05) is 0 Å². The minimum atomic E-state index is -0.259. The zero-order chi connectivity index (χ0) is 10.1. The molecule has 4 heteroatoms. The van der Waals surface area contributed by atoms with E-state index in [2.05, 4.69) is 12.2 Å². The number of amides is 1. The van der Waals surface area contributed by atoms with Gasteiger partial charge in [0.25, 0.3) is 0 Å². The predicted molar refractivity (Wildman–Crippen MR) is 54.2 cm³/mol. The molecule has 0 bridgehead atoms. The molecule has 1 amide bonds. The minimum absolute atomic E-state index is 0.175. The fourth-order valence-corrected chi connectivity index (χ4v) is 1.16. The Kier molecular flexibility index (Phi) is 7.63. The van der Waals surface area contributed by atoms with E-state index in [0.717, 1.165) is 32.2 Å². The predicted octanol–water partition coefficient (Wildman–Crippen LogP) is -0.0311. The summed E-state index contributed by atoms with van der Waals surface area (Å²) in [5.74, 6) is -0.259. The second-order valence-electron chi connectivity index (χ2n) is 3.19. The molecule has 0 aliphatic heterocycles. The topological polar surface area (TPSA) is 81.1 Å². The number of unbranched alkanes of at least 4 members (excludes halogenated alkanes) is 1. The van der Waals surface area contributed by atoms with Crippen LogP contribution in [0.2, 0.25) is 0 Å². The quantitative estimate of drug-likeness (QED) is 0.467. The van der Waals surface area contributed by atoms with Gasteiger partial charge in [-0.3, -0.25) is 4.79 Å². The van der Waals surface area contributed by atoms with Crippen molar-refractivity contribution < 1.29 is 4.79 Å². The molecule has 4 nitrogen and oxygen atoms in total. The molecular weight excluding hydrogens is 166 g/mol. The lowest BCUT2D eigenvalue weighted by Crippen LogP contribution is -2.41. The number of rotatable bonds is 8. The molecule has 0 aliphatic rings. The summed E-state index contributed by atoms with van der Waals surface area (Å²) in [7, 11) is 0. The average molecular weight is 187 g/mol. The van der Waals surface area contributed by atoms with Crippen LogP contribution in [0.3, 0.4) is 0 Å². The second-order valence-corrected chi connectivity index (χ2v) is 3.19. The van der Waals surface area contributed by atoms with Crippen LogP contribution in [0.1, 0.15) is 32.6 Å². The van der Waals surface area contributed by atoms with Crippen molar-refractivity contribution in [1.29, 1.82) is 0 Å². The van der Waals surface area contributed by atoms with Crippen molar-refractivity contribution in [2.45, 2.75) is 38.6 Å². The Morgan fingerprint density at radius 1 is 1.46 bits per heavy atom. The molecule has 0 aromatic carbocycles. The van der Waals surface area contributed by atoms with Crippen LogP contribution in [0.25, 0.3) is 0 Å². The van der Waals surface area contributed by atoms with Crippen LogP contribution in [-0.4, -0.2) is 25.0 Å². The van der Waals surface area contributed by atoms with E-state index < -0.39 is 0 Å². The maximum atomic E-state index is 10.9. The molecule has 0 aliphatic carbocycles. The number of hydrogen-bond donors (Lipinski definition) is 3. The second kappa shape index (κ2) is 8.01. The van der Waals surface area contributed by atoms with Gasteiger partial charge < -0.3 is 16.8 Å². The van der Waals surface area contributed by atoms with Gasteiger partial charge in [0.2, 0.25) is 5.91 Å². The third kappa shape index (κ3) is 6.54. The summed E-state index contributed by atoms with van der Waals surface area (Å²) in [6.07, 6.45) is 3.73. The highest BCUT2D eigenvalue weighted by Gasteiger charge is 2.12. The van der Waals surface area contributed by atoms with Crippen molar-refractivity contribution in [3.8, 4) is 0 Å². The maximum Gasteiger partial charge on any atom is 0.234 e.